The summed E-state index contributed by atoms with van der Waals surface area (Å²) in [7, 11) is 0. The van der Waals surface area contributed by atoms with Gasteiger partial charge in [-0.3, -0.25) is 4.79 Å². The average molecular weight is 263 g/mol. The highest BCUT2D eigenvalue weighted by atomic mass is 16.1. The number of rotatable bonds is 5. The number of anilines is 2. The lowest BCUT2D eigenvalue weighted by Crippen LogP contribution is -2.35. The van der Waals surface area contributed by atoms with Crippen molar-refractivity contribution in [1.29, 1.82) is 0 Å². The SMILES string of the molecule is CCNc1nccc(N2CCC(CC(N)=O)CC2)n1. The Morgan fingerprint density at radius 1 is 1.53 bits per heavy atom. The first kappa shape index (κ1) is 13.6. The van der Waals surface area contributed by atoms with Crippen molar-refractivity contribution in [3.63, 3.8) is 0 Å². The van der Waals surface area contributed by atoms with Crippen LogP contribution in [0.15, 0.2) is 12.3 Å². The molecule has 2 heterocycles. The number of aromatic nitrogens is 2. The lowest BCUT2D eigenvalue weighted by Gasteiger charge is -2.32. The number of amides is 1. The lowest BCUT2D eigenvalue weighted by molar-refractivity contribution is -0.119. The van der Waals surface area contributed by atoms with Crippen LogP contribution < -0.4 is 16.0 Å². The van der Waals surface area contributed by atoms with Gasteiger partial charge in [-0.2, -0.15) is 4.98 Å². The third-order valence-corrected chi connectivity index (χ3v) is 3.40. The fourth-order valence-corrected chi connectivity index (χ4v) is 2.42. The summed E-state index contributed by atoms with van der Waals surface area (Å²) < 4.78 is 0. The highest BCUT2D eigenvalue weighted by molar-refractivity contribution is 5.74. The minimum atomic E-state index is -0.199. The Morgan fingerprint density at radius 2 is 2.26 bits per heavy atom. The van der Waals surface area contributed by atoms with E-state index in [1.807, 2.05) is 13.0 Å². The number of nitrogens with two attached hydrogens (primary N) is 1. The average Bonchev–Trinajstić information content (AvgIpc) is 2.40. The van der Waals surface area contributed by atoms with Crippen molar-refractivity contribution in [2.24, 2.45) is 11.7 Å². The van der Waals surface area contributed by atoms with Crippen LogP contribution in [0.25, 0.3) is 0 Å². The quantitative estimate of drug-likeness (QED) is 0.828. The van der Waals surface area contributed by atoms with E-state index >= 15 is 0 Å². The molecule has 6 nitrogen and oxygen atoms in total. The molecule has 0 bridgehead atoms. The van der Waals surface area contributed by atoms with Crippen LogP contribution in [0.5, 0.6) is 0 Å². The first-order valence-electron chi connectivity index (χ1n) is 6.79. The van der Waals surface area contributed by atoms with Crippen LogP contribution in [0.4, 0.5) is 11.8 Å². The minimum Gasteiger partial charge on any atom is -0.370 e. The Labute approximate surface area is 113 Å². The van der Waals surface area contributed by atoms with Crippen molar-refractivity contribution in [1.82, 2.24) is 9.97 Å². The van der Waals surface area contributed by atoms with Crippen LogP contribution in [0, 0.1) is 5.92 Å². The summed E-state index contributed by atoms with van der Waals surface area (Å²) in [6.07, 6.45) is 4.25. The molecule has 1 aliphatic rings. The molecule has 2 rings (SSSR count). The maximum Gasteiger partial charge on any atom is 0.224 e. The second kappa shape index (κ2) is 6.36. The summed E-state index contributed by atoms with van der Waals surface area (Å²) in [6.45, 7) is 4.66. The second-order valence-corrected chi connectivity index (χ2v) is 4.87. The molecule has 0 saturated carbocycles. The van der Waals surface area contributed by atoms with Crippen molar-refractivity contribution in [3.05, 3.63) is 12.3 Å². The Morgan fingerprint density at radius 3 is 2.89 bits per heavy atom. The molecule has 0 aliphatic carbocycles. The monoisotopic (exact) mass is 263 g/mol. The predicted octanol–water partition coefficient (Wildman–Crippen LogP) is 1.00. The molecule has 1 amide bonds. The zero-order chi connectivity index (χ0) is 13.7. The largest absolute Gasteiger partial charge is 0.370 e. The summed E-state index contributed by atoms with van der Waals surface area (Å²) in [5.41, 5.74) is 5.24. The number of nitrogens with one attached hydrogen (secondary N) is 1. The predicted molar refractivity (Wildman–Crippen MR) is 74.9 cm³/mol. The van der Waals surface area contributed by atoms with Gasteiger partial charge < -0.3 is 16.0 Å². The number of carbonyl (C=O) groups is 1. The molecule has 0 spiro atoms. The van der Waals surface area contributed by atoms with Gasteiger partial charge in [0.15, 0.2) is 0 Å². The summed E-state index contributed by atoms with van der Waals surface area (Å²) >= 11 is 0. The normalized spacial score (nSPS) is 16.4. The van der Waals surface area contributed by atoms with Crippen LogP contribution >= 0.6 is 0 Å². The molecule has 3 N–H and O–H groups in total. The zero-order valence-corrected chi connectivity index (χ0v) is 11.3. The number of nitrogens with zero attached hydrogens (tertiary/aromatic N) is 3. The number of hydrogen-bond acceptors (Lipinski definition) is 5. The van der Waals surface area contributed by atoms with Crippen molar-refractivity contribution in [3.8, 4) is 0 Å². The standard InChI is InChI=1S/C13H21N5O/c1-2-15-13-16-6-3-12(17-13)18-7-4-10(5-8-18)9-11(14)19/h3,6,10H,2,4-5,7-9H2,1H3,(H2,14,19)(H,15,16,17). The van der Waals surface area contributed by atoms with Crippen LogP contribution in [0.3, 0.4) is 0 Å². The molecule has 1 saturated heterocycles. The lowest BCUT2D eigenvalue weighted by atomic mass is 9.93. The van der Waals surface area contributed by atoms with Gasteiger partial charge >= 0.3 is 0 Å². The fourth-order valence-electron chi connectivity index (χ4n) is 2.42. The summed E-state index contributed by atoms with van der Waals surface area (Å²) in [5.74, 6) is 1.83. The maximum atomic E-state index is 10.9. The van der Waals surface area contributed by atoms with E-state index in [0.717, 1.165) is 38.3 Å². The second-order valence-electron chi connectivity index (χ2n) is 4.87. The highest BCUT2D eigenvalue weighted by Crippen LogP contribution is 2.24. The molecule has 1 aliphatic heterocycles. The Bertz CT molecular complexity index is 429. The molecule has 0 aromatic carbocycles. The molecule has 1 aromatic rings. The maximum absolute atomic E-state index is 10.9. The molecular formula is C13H21N5O. The highest BCUT2D eigenvalue weighted by Gasteiger charge is 2.21. The van der Waals surface area contributed by atoms with Crippen LogP contribution in [-0.2, 0) is 4.79 Å². The van der Waals surface area contributed by atoms with Gasteiger partial charge in [-0.1, -0.05) is 0 Å². The Kier molecular flexibility index (Phi) is 4.54. The van der Waals surface area contributed by atoms with Gasteiger partial charge in [0.05, 0.1) is 0 Å². The Balaban J connectivity index is 1.93. The van der Waals surface area contributed by atoms with Crippen LogP contribution in [0.1, 0.15) is 26.2 Å². The van der Waals surface area contributed by atoms with Gasteiger partial charge in [-0.25, -0.2) is 4.98 Å². The topological polar surface area (TPSA) is 84.1 Å². The third kappa shape index (κ3) is 3.81. The van der Waals surface area contributed by atoms with Gasteiger partial charge in [0.1, 0.15) is 5.82 Å². The molecule has 19 heavy (non-hydrogen) atoms. The zero-order valence-electron chi connectivity index (χ0n) is 11.3. The van der Waals surface area contributed by atoms with E-state index in [9.17, 15) is 4.79 Å². The fraction of sp³-hybridized carbons (Fsp3) is 0.615. The first-order chi connectivity index (χ1) is 9.19. The van der Waals surface area contributed by atoms with Crippen molar-refractivity contribution in [2.45, 2.75) is 26.2 Å². The van der Waals surface area contributed by atoms with E-state index in [0.29, 0.717) is 18.3 Å². The van der Waals surface area contributed by atoms with E-state index in [1.165, 1.54) is 0 Å². The van der Waals surface area contributed by atoms with Gasteiger partial charge in [-0.05, 0) is 31.7 Å². The Hall–Kier alpha value is -1.85. The molecule has 1 aromatic heterocycles. The molecule has 1 fully saturated rings. The smallest absolute Gasteiger partial charge is 0.224 e. The van der Waals surface area contributed by atoms with E-state index in [4.69, 9.17) is 5.73 Å². The molecule has 0 atom stereocenters. The molecular weight excluding hydrogens is 242 g/mol. The van der Waals surface area contributed by atoms with Gasteiger partial charge in [0.2, 0.25) is 11.9 Å². The molecule has 6 heteroatoms. The number of primary amides is 1. The van der Waals surface area contributed by atoms with E-state index in [-0.39, 0.29) is 5.91 Å². The molecule has 0 unspecified atom stereocenters. The van der Waals surface area contributed by atoms with Gasteiger partial charge in [0.25, 0.3) is 0 Å². The summed E-state index contributed by atoms with van der Waals surface area (Å²) in [5, 5.41) is 3.11. The van der Waals surface area contributed by atoms with Gasteiger partial charge in [0, 0.05) is 32.3 Å². The number of hydrogen-bond donors (Lipinski definition) is 2. The molecule has 104 valence electrons. The number of piperidine rings is 1. The van der Waals surface area contributed by atoms with Crippen LogP contribution in [-0.4, -0.2) is 35.5 Å². The third-order valence-electron chi connectivity index (χ3n) is 3.40. The van der Waals surface area contributed by atoms with Gasteiger partial charge in [-0.15, -0.1) is 0 Å². The first-order valence-corrected chi connectivity index (χ1v) is 6.79. The van der Waals surface area contributed by atoms with Crippen LogP contribution in [0.2, 0.25) is 0 Å². The minimum absolute atomic E-state index is 0.199. The van der Waals surface area contributed by atoms with Crippen molar-refractivity contribution >= 4 is 17.7 Å². The van der Waals surface area contributed by atoms with E-state index in [1.54, 1.807) is 6.20 Å². The van der Waals surface area contributed by atoms with Crippen molar-refractivity contribution in [2.75, 3.05) is 29.9 Å². The van der Waals surface area contributed by atoms with E-state index < -0.39 is 0 Å². The summed E-state index contributed by atoms with van der Waals surface area (Å²) in [4.78, 5) is 21.8. The van der Waals surface area contributed by atoms with E-state index in [2.05, 4.69) is 20.2 Å². The molecule has 0 radical (unpaired) electrons. The van der Waals surface area contributed by atoms with Crippen molar-refractivity contribution < 1.29 is 4.79 Å². The summed E-state index contributed by atoms with van der Waals surface area (Å²) in [6, 6.07) is 1.93. The number of carbonyl (C=O) groups excluding carboxylic acids is 1.